The van der Waals surface area contributed by atoms with Gasteiger partial charge in [0.2, 0.25) is 11.8 Å². The van der Waals surface area contributed by atoms with Gasteiger partial charge in [-0.15, -0.1) is 0 Å². The second-order valence-electron chi connectivity index (χ2n) is 9.89. The summed E-state index contributed by atoms with van der Waals surface area (Å²) in [6.45, 7) is 0.914. The lowest BCUT2D eigenvalue weighted by molar-refractivity contribution is -0.119. The van der Waals surface area contributed by atoms with E-state index in [1.165, 1.54) is 27.4 Å². The van der Waals surface area contributed by atoms with Gasteiger partial charge in [-0.3, -0.25) is 23.9 Å². The Morgan fingerprint density at radius 1 is 1.07 bits per heavy atom. The third-order valence-electron chi connectivity index (χ3n) is 7.04. The average molecular weight is 624 g/mol. The first kappa shape index (κ1) is 30.0. The molecule has 0 spiro atoms. The third-order valence-corrected chi connectivity index (χ3v) is 7.86. The van der Waals surface area contributed by atoms with E-state index in [1.54, 1.807) is 42.6 Å². The Kier molecular flexibility index (Phi) is 8.62. The number of benzene rings is 2. The number of ether oxygens (including phenoxy) is 1. The van der Waals surface area contributed by atoms with Crippen LogP contribution in [0.1, 0.15) is 22.5 Å². The van der Waals surface area contributed by atoms with Crippen molar-refractivity contribution >= 4 is 40.7 Å². The molecular weight excluding hydrogens is 597 g/mol. The summed E-state index contributed by atoms with van der Waals surface area (Å²) in [6.07, 6.45) is 3.17. The van der Waals surface area contributed by atoms with Crippen LogP contribution in [0, 0.1) is 0 Å². The molecule has 12 nitrogen and oxygen atoms in total. The second-order valence-corrected chi connectivity index (χ2v) is 10.6. The van der Waals surface area contributed by atoms with E-state index in [-0.39, 0.29) is 28.2 Å². The van der Waals surface area contributed by atoms with Gasteiger partial charge in [-0.1, -0.05) is 53.5 Å². The van der Waals surface area contributed by atoms with E-state index in [2.05, 4.69) is 25.9 Å². The van der Waals surface area contributed by atoms with Crippen molar-refractivity contribution < 1.29 is 14.3 Å². The molecule has 43 heavy (non-hydrogen) atoms. The quantitative estimate of drug-likeness (QED) is 0.271. The number of halogens is 2. The molecule has 0 aliphatic carbocycles. The lowest BCUT2D eigenvalue weighted by atomic mass is 10.0. The van der Waals surface area contributed by atoms with Crippen molar-refractivity contribution in [2.24, 2.45) is 14.1 Å². The summed E-state index contributed by atoms with van der Waals surface area (Å²) < 4.78 is 7.50. The average Bonchev–Trinajstić information content (AvgIpc) is 3.42. The molecule has 1 atom stereocenters. The van der Waals surface area contributed by atoms with Crippen molar-refractivity contribution in [1.29, 1.82) is 0 Å². The normalized spacial score (nSPS) is 14.4. The van der Waals surface area contributed by atoms with Gasteiger partial charge in [0, 0.05) is 62.5 Å². The topological polar surface area (TPSA) is 149 Å². The Labute approximate surface area is 255 Å². The highest BCUT2D eigenvalue weighted by atomic mass is 35.5. The minimum atomic E-state index is -0.729. The first-order chi connectivity index (χ1) is 20.6. The highest BCUT2D eigenvalue weighted by molar-refractivity contribution is 6.39. The molecule has 0 radical (unpaired) electrons. The number of aromatic nitrogens is 4. The van der Waals surface area contributed by atoms with E-state index in [1.807, 2.05) is 0 Å². The van der Waals surface area contributed by atoms with Crippen molar-refractivity contribution in [2.45, 2.75) is 19.0 Å². The molecule has 1 fully saturated rings. The van der Waals surface area contributed by atoms with Crippen molar-refractivity contribution in [3.63, 3.8) is 0 Å². The smallest absolute Gasteiger partial charge is 0.330 e. The van der Waals surface area contributed by atoms with Crippen LogP contribution in [0.2, 0.25) is 10.0 Å². The van der Waals surface area contributed by atoms with Crippen LogP contribution in [0.4, 0.5) is 5.69 Å². The molecule has 1 saturated heterocycles. The molecule has 0 unspecified atom stereocenters. The molecule has 0 bridgehead atoms. The fraction of sp³-hybridized carbons (Fsp3) is 0.241. The fourth-order valence-corrected chi connectivity index (χ4v) is 5.33. The van der Waals surface area contributed by atoms with E-state index < -0.39 is 17.2 Å². The highest BCUT2D eigenvalue weighted by Gasteiger charge is 2.23. The molecule has 222 valence electrons. The van der Waals surface area contributed by atoms with Crippen LogP contribution in [0.25, 0.3) is 22.4 Å². The molecule has 4 aromatic rings. The zero-order valence-corrected chi connectivity index (χ0v) is 24.9. The molecular formula is C29H27Cl2N7O5. The lowest BCUT2D eigenvalue weighted by Crippen LogP contribution is -2.40. The van der Waals surface area contributed by atoms with E-state index in [9.17, 15) is 19.2 Å². The molecule has 5 rings (SSSR count). The van der Waals surface area contributed by atoms with Crippen LogP contribution < -0.4 is 31.9 Å². The summed E-state index contributed by atoms with van der Waals surface area (Å²) in [5.41, 5.74) is 1.48. The Morgan fingerprint density at radius 3 is 2.47 bits per heavy atom. The van der Waals surface area contributed by atoms with E-state index >= 15 is 0 Å². The predicted octanol–water partition coefficient (Wildman–Crippen LogP) is 2.75. The molecule has 0 saturated carbocycles. The minimum Gasteiger partial charge on any atom is -0.480 e. The van der Waals surface area contributed by atoms with Crippen LogP contribution in [0.3, 0.4) is 0 Å². The maximum atomic E-state index is 13.0. The van der Waals surface area contributed by atoms with Gasteiger partial charge in [-0.25, -0.2) is 9.78 Å². The minimum absolute atomic E-state index is 0.00172. The second kappa shape index (κ2) is 12.4. The standard InChI is InChI=1S/C29H27Cl2N7O5/c1-37-14-19(28(41)38(2)29(37)42)26(40)35-20-9-5-7-17(25(20)31)16-6-4-8-18(24(16)30)21-12-33-22(27(36-21)43-3)13-32-15-10-23(39)34-11-15/h4-9,12,14-15,32H,10-11,13H2,1-3H3,(H,34,39)(H,35,40)/t15-/m0/s1. The number of aryl methyl sites for hydroxylation is 1. The van der Waals surface area contributed by atoms with Gasteiger partial charge in [-0.05, 0) is 6.07 Å². The van der Waals surface area contributed by atoms with Crippen LogP contribution >= 0.6 is 23.2 Å². The first-order valence-corrected chi connectivity index (χ1v) is 13.9. The molecule has 14 heteroatoms. The van der Waals surface area contributed by atoms with Crippen LogP contribution in [-0.4, -0.2) is 50.6 Å². The predicted molar refractivity (Wildman–Crippen MR) is 163 cm³/mol. The lowest BCUT2D eigenvalue weighted by Gasteiger charge is -2.15. The summed E-state index contributed by atoms with van der Waals surface area (Å²) in [4.78, 5) is 58.2. The molecule has 2 amide bonds. The van der Waals surface area contributed by atoms with Gasteiger partial charge in [-0.2, -0.15) is 0 Å². The number of carbonyl (C=O) groups excluding carboxylic acids is 2. The molecule has 3 heterocycles. The Hall–Kier alpha value is -4.52. The van der Waals surface area contributed by atoms with Gasteiger partial charge in [0.05, 0.1) is 34.7 Å². The highest BCUT2D eigenvalue weighted by Crippen LogP contribution is 2.41. The van der Waals surface area contributed by atoms with Gasteiger partial charge in [0.25, 0.3) is 11.5 Å². The fourth-order valence-electron chi connectivity index (χ4n) is 4.73. The number of nitrogens with zero attached hydrogens (tertiary/aromatic N) is 4. The van der Waals surface area contributed by atoms with Crippen molar-refractivity contribution in [3.8, 4) is 28.3 Å². The number of anilines is 1. The summed E-state index contributed by atoms with van der Waals surface area (Å²) in [6, 6.07) is 10.4. The van der Waals surface area contributed by atoms with Crippen LogP contribution in [0.5, 0.6) is 5.88 Å². The zero-order chi connectivity index (χ0) is 30.8. The number of carbonyl (C=O) groups is 2. The monoisotopic (exact) mass is 623 g/mol. The Morgan fingerprint density at radius 2 is 1.77 bits per heavy atom. The SMILES string of the molecule is COc1nc(-c2cccc(-c3cccc(NC(=O)c4cn(C)c(=O)n(C)c4=O)c3Cl)c2Cl)cnc1CN[C@@H]1CNC(=O)C1. The van der Waals surface area contributed by atoms with Crippen molar-refractivity contribution in [1.82, 2.24) is 29.7 Å². The third kappa shape index (κ3) is 6.03. The summed E-state index contributed by atoms with van der Waals surface area (Å²) in [7, 11) is 4.25. The van der Waals surface area contributed by atoms with Crippen molar-refractivity contribution in [3.05, 3.63) is 90.9 Å². The molecule has 2 aromatic carbocycles. The van der Waals surface area contributed by atoms with E-state index in [0.29, 0.717) is 58.5 Å². The largest absolute Gasteiger partial charge is 0.480 e. The first-order valence-electron chi connectivity index (χ1n) is 13.1. The number of hydrogen-bond donors (Lipinski definition) is 3. The molecule has 2 aromatic heterocycles. The maximum absolute atomic E-state index is 13.0. The van der Waals surface area contributed by atoms with E-state index in [0.717, 1.165) is 9.13 Å². The maximum Gasteiger partial charge on any atom is 0.330 e. The summed E-state index contributed by atoms with van der Waals surface area (Å²) in [5.74, 6) is -0.401. The number of hydrogen-bond acceptors (Lipinski definition) is 8. The van der Waals surface area contributed by atoms with Crippen LogP contribution in [0.15, 0.2) is 58.4 Å². The number of nitrogens with one attached hydrogen (secondary N) is 3. The molecule has 1 aliphatic heterocycles. The Balaban J connectivity index is 1.43. The summed E-state index contributed by atoms with van der Waals surface area (Å²) in [5, 5.41) is 9.27. The number of amides is 2. The molecule has 1 aliphatic rings. The van der Waals surface area contributed by atoms with Crippen molar-refractivity contribution in [2.75, 3.05) is 19.0 Å². The number of methoxy groups -OCH3 is 1. The summed E-state index contributed by atoms with van der Waals surface area (Å²) >= 11 is 13.6. The van der Waals surface area contributed by atoms with Gasteiger partial charge >= 0.3 is 5.69 Å². The van der Waals surface area contributed by atoms with Gasteiger partial charge in [0.15, 0.2) is 0 Å². The van der Waals surface area contributed by atoms with Gasteiger partial charge < -0.3 is 25.3 Å². The number of rotatable bonds is 8. The Bertz CT molecular complexity index is 1870. The zero-order valence-electron chi connectivity index (χ0n) is 23.4. The van der Waals surface area contributed by atoms with Gasteiger partial charge in [0.1, 0.15) is 11.3 Å². The van der Waals surface area contributed by atoms with Crippen LogP contribution in [-0.2, 0) is 25.4 Å². The molecule has 3 N–H and O–H groups in total. The van der Waals surface area contributed by atoms with E-state index in [4.69, 9.17) is 27.9 Å².